The van der Waals surface area contributed by atoms with Crippen LogP contribution in [0.2, 0.25) is 10.0 Å². The summed E-state index contributed by atoms with van der Waals surface area (Å²) >= 11 is 11.9. The van der Waals surface area contributed by atoms with E-state index in [1.807, 2.05) is 0 Å². The molecule has 1 heterocycles. The molecule has 2 aromatic carbocycles. The van der Waals surface area contributed by atoms with E-state index in [1.54, 1.807) is 0 Å². The zero-order chi connectivity index (χ0) is 21.7. The highest BCUT2D eigenvalue weighted by atomic mass is 35.5. The quantitative estimate of drug-likeness (QED) is 0.283. The number of nitrogens with zero attached hydrogens (tertiary/aromatic N) is 1. The summed E-state index contributed by atoms with van der Waals surface area (Å²) in [5, 5.41) is -0.172. The Morgan fingerprint density at radius 3 is 2.14 bits per heavy atom. The van der Waals surface area contributed by atoms with Gasteiger partial charge in [0.05, 0.1) is 12.6 Å². The lowest BCUT2D eigenvalue weighted by Gasteiger charge is -2.23. The van der Waals surface area contributed by atoms with Crippen molar-refractivity contribution in [1.29, 1.82) is 0 Å². The second kappa shape index (κ2) is 7.88. The van der Waals surface area contributed by atoms with Gasteiger partial charge < -0.3 is 4.18 Å². The minimum atomic E-state index is -4.96. The lowest BCUT2D eigenvalue weighted by Crippen LogP contribution is -2.34. The van der Waals surface area contributed by atoms with Crippen molar-refractivity contribution in [3.63, 3.8) is 0 Å². The van der Waals surface area contributed by atoms with Crippen LogP contribution in [0.5, 0.6) is 5.75 Å². The third-order valence-electron chi connectivity index (χ3n) is 4.21. The van der Waals surface area contributed by atoms with Gasteiger partial charge in [0.25, 0.3) is 0 Å². The topological polar surface area (TPSA) is 55.8 Å². The summed E-state index contributed by atoms with van der Waals surface area (Å²) in [5.41, 5.74) is 0.227. The molecule has 0 radical (unpaired) electrons. The molecule has 2 aromatic rings. The van der Waals surface area contributed by atoms with Gasteiger partial charge in [-0.2, -0.15) is 22.3 Å². The van der Waals surface area contributed by atoms with Crippen LogP contribution in [0.3, 0.4) is 0 Å². The van der Waals surface area contributed by atoms with Crippen LogP contribution in [0, 0.1) is 29.1 Å². The van der Waals surface area contributed by atoms with Gasteiger partial charge in [0.1, 0.15) is 5.25 Å². The van der Waals surface area contributed by atoms with E-state index in [0.717, 1.165) is 5.06 Å². The van der Waals surface area contributed by atoms with Crippen LogP contribution in [0.25, 0.3) is 0 Å². The standard InChI is InChI=1S/C16H10Cl2F5NO4S/c1-24-15(7-3-2-6(17)4-8(7)18)9(5-27-24)29(25,26)28-16-13(22)11(20)10(19)12(21)14(16)23/h2-4,9,15H,5H2,1H3. The monoisotopic (exact) mass is 477 g/mol. The molecule has 2 unspecified atom stereocenters. The second-order valence-electron chi connectivity index (χ2n) is 5.97. The number of benzene rings is 2. The molecule has 0 saturated carbocycles. The summed E-state index contributed by atoms with van der Waals surface area (Å²) < 4.78 is 97.2. The van der Waals surface area contributed by atoms with Crippen LogP contribution in [-0.2, 0) is 15.0 Å². The highest BCUT2D eigenvalue weighted by Gasteiger charge is 2.46. The van der Waals surface area contributed by atoms with Gasteiger partial charge >= 0.3 is 10.1 Å². The largest absolute Gasteiger partial charge is 0.376 e. The van der Waals surface area contributed by atoms with Crippen molar-refractivity contribution in [1.82, 2.24) is 5.06 Å². The molecule has 0 aliphatic carbocycles. The molecule has 158 valence electrons. The summed E-state index contributed by atoms with van der Waals surface area (Å²) in [5.74, 6) is -13.9. The zero-order valence-electron chi connectivity index (χ0n) is 14.2. The van der Waals surface area contributed by atoms with Crippen LogP contribution in [0.15, 0.2) is 18.2 Å². The normalized spacial score (nSPS) is 20.3. The number of hydrogen-bond donors (Lipinski definition) is 0. The van der Waals surface area contributed by atoms with Gasteiger partial charge in [-0.3, -0.25) is 4.84 Å². The van der Waals surface area contributed by atoms with Crippen molar-refractivity contribution < 1.29 is 39.4 Å². The van der Waals surface area contributed by atoms with E-state index in [9.17, 15) is 30.4 Å². The Hall–Kier alpha value is -1.66. The van der Waals surface area contributed by atoms with E-state index in [2.05, 4.69) is 4.18 Å². The molecule has 0 N–H and O–H groups in total. The molecular weight excluding hydrogens is 468 g/mol. The van der Waals surface area contributed by atoms with E-state index in [0.29, 0.717) is 0 Å². The van der Waals surface area contributed by atoms with Gasteiger partial charge in [0.15, 0.2) is 0 Å². The fourth-order valence-electron chi connectivity index (χ4n) is 2.81. The van der Waals surface area contributed by atoms with Crippen molar-refractivity contribution in [2.24, 2.45) is 0 Å². The van der Waals surface area contributed by atoms with Crippen LogP contribution >= 0.6 is 23.2 Å². The third-order valence-corrected chi connectivity index (χ3v) is 6.30. The minimum absolute atomic E-state index is 0.0660. The lowest BCUT2D eigenvalue weighted by molar-refractivity contribution is -0.110. The summed E-state index contributed by atoms with van der Waals surface area (Å²) in [7, 11) is -3.59. The maximum atomic E-state index is 13.8. The molecule has 2 atom stereocenters. The van der Waals surface area contributed by atoms with Crippen LogP contribution in [0.4, 0.5) is 22.0 Å². The first kappa shape index (κ1) is 22.0. The van der Waals surface area contributed by atoms with Crippen molar-refractivity contribution >= 4 is 33.3 Å². The van der Waals surface area contributed by atoms with Gasteiger partial charge in [-0.05, 0) is 17.7 Å². The fourth-order valence-corrected chi connectivity index (χ4v) is 4.70. The molecule has 1 aliphatic heterocycles. The van der Waals surface area contributed by atoms with E-state index in [1.165, 1.54) is 25.2 Å². The van der Waals surface area contributed by atoms with Gasteiger partial charge in [-0.15, -0.1) is 0 Å². The van der Waals surface area contributed by atoms with E-state index < -0.39 is 62.9 Å². The smallest absolute Gasteiger partial charge is 0.316 e. The zero-order valence-corrected chi connectivity index (χ0v) is 16.6. The first-order valence-electron chi connectivity index (χ1n) is 7.71. The van der Waals surface area contributed by atoms with Crippen LogP contribution in [0.1, 0.15) is 11.6 Å². The molecule has 13 heteroatoms. The fraction of sp³-hybridized carbons (Fsp3) is 0.250. The van der Waals surface area contributed by atoms with Crippen molar-refractivity contribution in [3.05, 3.63) is 62.9 Å². The Morgan fingerprint density at radius 2 is 1.59 bits per heavy atom. The predicted octanol–water partition coefficient (Wildman–Crippen LogP) is 4.38. The van der Waals surface area contributed by atoms with Crippen molar-refractivity contribution in [3.8, 4) is 5.75 Å². The van der Waals surface area contributed by atoms with Crippen LogP contribution < -0.4 is 4.18 Å². The molecule has 1 fully saturated rings. The Bertz CT molecular complexity index is 1060. The average Bonchev–Trinajstić information content (AvgIpc) is 3.04. The van der Waals surface area contributed by atoms with E-state index >= 15 is 0 Å². The maximum absolute atomic E-state index is 13.8. The first-order valence-corrected chi connectivity index (χ1v) is 9.93. The van der Waals surface area contributed by atoms with E-state index in [-0.39, 0.29) is 15.6 Å². The van der Waals surface area contributed by atoms with Gasteiger partial charge in [0.2, 0.25) is 34.8 Å². The molecule has 5 nitrogen and oxygen atoms in total. The van der Waals surface area contributed by atoms with Gasteiger partial charge in [-0.1, -0.05) is 29.3 Å². The molecule has 0 bridgehead atoms. The molecule has 1 aliphatic rings. The van der Waals surface area contributed by atoms with Crippen molar-refractivity contribution in [2.75, 3.05) is 13.7 Å². The second-order valence-corrected chi connectivity index (χ2v) is 8.57. The lowest BCUT2D eigenvalue weighted by atomic mass is 10.0. The number of rotatable bonds is 4. The SMILES string of the molecule is CN1OCC(S(=O)(=O)Oc2c(F)c(F)c(F)c(F)c2F)C1c1ccc(Cl)cc1Cl. The highest BCUT2D eigenvalue weighted by molar-refractivity contribution is 7.87. The number of hydroxylamine groups is 2. The molecule has 3 rings (SSSR count). The Labute approximate surface area is 171 Å². The van der Waals surface area contributed by atoms with Gasteiger partial charge in [-0.25, -0.2) is 13.2 Å². The summed E-state index contributed by atoms with van der Waals surface area (Å²) in [6.45, 7) is -0.530. The summed E-state index contributed by atoms with van der Waals surface area (Å²) in [4.78, 5) is 5.16. The molecule has 0 spiro atoms. The molecule has 29 heavy (non-hydrogen) atoms. The average molecular weight is 478 g/mol. The van der Waals surface area contributed by atoms with Crippen molar-refractivity contribution in [2.45, 2.75) is 11.3 Å². The number of hydrogen-bond acceptors (Lipinski definition) is 5. The Balaban J connectivity index is 2.03. The predicted molar refractivity (Wildman–Crippen MR) is 92.5 cm³/mol. The highest BCUT2D eigenvalue weighted by Crippen LogP contribution is 2.39. The van der Waals surface area contributed by atoms with Gasteiger partial charge in [0, 0.05) is 17.1 Å². The molecule has 0 amide bonds. The Morgan fingerprint density at radius 1 is 1.03 bits per heavy atom. The third kappa shape index (κ3) is 3.89. The number of halogens is 7. The van der Waals surface area contributed by atoms with E-state index in [4.69, 9.17) is 28.0 Å². The molecule has 1 saturated heterocycles. The first-order chi connectivity index (χ1) is 13.5. The molecular formula is C16H10Cl2F5NO4S. The Kier molecular flexibility index (Phi) is 5.98. The van der Waals surface area contributed by atoms with Crippen LogP contribution in [-0.4, -0.2) is 32.4 Å². The minimum Gasteiger partial charge on any atom is -0.376 e. The molecule has 0 aromatic heterocycles. The summed E-state index contributed by atoms with van der Waals surface area (Å²) in [6, 6.07) is 3.04. The maximum Gasteiger partial charge on any atom is 0.316 e. The summed E-state index contributed by atoms with van der Waals surface area (Å²) in [6.07, 6.45) is 0.